The van der Waals surface area contributed by atoms with Gasteiger partial charge in [0.25, 0.3) is 0 Å². The van der Waals surface area contributed by atoms with Crippen molar-refractivity contribution in [3.63, 3.8) is 0 Å². The van der Waals surface area contributed by atoms with Gasteiger partial charge in [-0.25, -0.2) is 0 Å². The number of hydrogen-bond donors (Lipinski definition) is 1. The average Bonchev–Trinajstić information content (AvgIpc) is 2.46. The summed E-state index contributed by atoms with van der Waals surface area (Å²) in [5.41, 5.74) is -0.141. The van der Waals surface area contributed by atoms with Gasteiger partial charge >= 0.3 is 0 Å². The number of hydrogen-bond acceptors (Lipinski definition) is 4. The molecule has 0 spiro atoms. The fourth-order valence-electron chi connectivity index (χ4n) is 2.43. The molecule has 2 atom stereocenters. The Labute approximate surface area is 118 Å². The van der Waals surface area contributed by atoms with Gasteiger partial charge < -0.3 is 10.2 Å². The highest BCUT2D eigenvalue weighted by atomic mass is 16.2. The molecule has 1 saturated heterocycles. The highest BCUT2D eigenvalue weighted by Crippen LogP contribution is 2.24. The molecule has 1 N–H and O–H groups in total. The van der Waals surface area contributed by atoms with Crippen molar-refractivity contribution in [1.29, 1.82) is 0 Å². The molecule has 2 amide bonds. The Balaban J connectivity index is 2.30. The molecule has 6 heteroatoms. The normalized spacial score (nSPS) is 26.6. The van der Waals surface area contributed by atoms with Crippen molar-refractivity contribution in [1.82, 2.24) is 20.4 Å². The summed E-state index contributed by atoms with van der Waals surface area (Å²) in [7, 11) is 0. The lowest BCUT2D eigenvalue weighted by Crippen LogP contribution is -2.68. The summed E-state index contributed by atoms with van der Waals surface area (Å²) in [4.78, 5) is 26.5. The van der Waals surface area contributed by atoms with Crippen LogP contribution < -0.4 is 5.32 Å². The van der Waals surface area contributed by atoms with E-state index >= 15 is 0 Å². The van der Waals surface area contributed by atoms with Gasteiger partial charge in [0.1, 0.15) is 11.6 Å². The molecule has 0 radical (unpaired) electrons. The van der Waals surface area contributed by atoms with Crippen LogP contribution in [0.4, 0.5) is 0 Å². The minimum atomic E-state index is -0.828. The average molecular weight is 276 g/mol. The second-order valence-corrected chi connectivity index (χ2v) is 5.25. The first kappa shape index (κ1) is 14.4. The lowest BCUT2D eigenvalue weighted by molar-refractivity contribution is -0.155. The van der Waals surface area contributed by atoms with E-state index in [1.165, 1.54) is 0 Å². The highest BCUT2D eigenvalue weighted by molar-refractivity contribution is 5.99. The predicted octanol–water partition coefficient (Wildman–Crippen LogP) is 0.882. The summed E-state index contributed by atoms with van der Waals surface area (Å²) >= 11 is 0. The minimum Gasteiger partial charge on any atom is -0.340 e. The van der Waals surface area contributed by atoms with Crippen LogP contribution >= 0.6 is 0 Å². The van der Waals surface area contributed by atoms with Crippen LogP contribution in [-0.2, 0) is 16.1 Å². The lowest BCUT2D eigenvalue weighted by Gasteiger charge is -2.43. The molecular weight excluding hydrogens is 256 g/mol. The van der Waals surface area contributed by atoms with E-state index in [9.17, 15) is 9.59 Å². The zero-order valence-corrected chi connectivity index (χ0v) is 12.1. The monoisotopic (exact) mass is 276 g/mol. The van der Waals surface area contributed by atoms with Crippen LogP contribution in [0.5, 0.6) is 0 Å². The van der Waals surface area contributed by atoms with E-state index < -0.39 is 11.6 Å². The van der Waals surface area contributed by atoms with E-state index in [0.717, 1.165) is 0 Å². The molecule has 108 valence electrons. The third-order valence-electron chi connectivity index (χ3n) is 3.86. The predicted molar refractivity (Wildman–Crippen MR) is 73.5 cm³/mol. The lowest BCUT2D eigenvalue weighted by atomic mass is 9.91. The molecule has 0 saturated carbocycles. The first-order valence-corrected chi connectivity index (χ1v) is 6.91. The maximum absolute atomic E-state index is 12.7. The first-order valence-electron chi connectivity index (χ1n) is 6.91. The van der Waals surface area contributed by atoms with Crippen molar-refractivity contribution in [3.05, 3.63) is 24.0 Å². The quantitative estimate of drug-likeness (QED) is 0.886. The molecule has 2 heterocycles. The Morgan fingerprint density at radius 3 is 2.70 bits per heavy atom. The number of aromatic nitrogens is 2. The van der Waals surface area contributed by atoms with E-state index in [4.69, 9.17) is 0 Å². The molecule has 20 heavy (non-hydrogen) atoms. The van der Waals surface area contributed by atoms with Crippen molar-refractivity contribution >= 4 is 11.8 Å². The number of nitrogens with one attached hydrogen (secondary N) is 1. The molecule has 1 aliphatic rings. The maximum atomic E-state index is 12.7. The van der Waals surface area contributed by atoms with E-state index in [1.807, 2.05) is 19.9 Å². The Morgan fingerprint density at radius 2 is 2.15 bits per heavy atom. The van der Waals surface area contributed by atoms with Crippen molar-refractivity contribution in [2.24, 2.45) is 0 Å². The fourth-order valence-corrected chi connectivity index (χ4v) is 2.43. The molecule has 0 bridgehead atoms. The third kappa shape index (κ3) is 2.50. The topological polar surface area (TPSA) is 75.2 Å². The molecule has 6 nitrogen and oxygen atoms in total. The van der Waals surface area contributed by atoms with Crippen molar-refractivity contribution in [2.45, 2.75) is 51.7 Å². The van der Waals surface area contributed by atoms with Crippen molar-refractivity contribution < 1.29 is 9.59 Å². The van der Waals surface area contributed by atoms with Crippen LogP contribution in [0.1, 0.15) is 39.3 Å². The summed E-state index contributed by atoms with van der Waals surface area (Å²) in [6.45, 7) is 5.87. The fraction of sp³-hybridized carbons (Fsp3) is 0.571. The Hall–Kier alpha value is -1.98. The summed E-state index contributed by atoms with van der Waals surface area (Å²) in [6, 6.07) is 3.14. The van der Waals surface area contributed by atoms with Crippen molar-refractivity contribution in [3.8, 4) is 0 Å². The molecule has 2 unspecified atom stereocenters. The largest absolute Gasteiger partial charge is 0.340 e. The van der Waals surface area contributed by atoms with Gasteiger partial charge in [0, 0.05) is 6.20 Å². The second kappa shape index (κ2) is 5.56. The second-order valence-electron chi connectivity index (χ2n) is 5.25. The van der Waals surface area contributed by atoms with Crippen LogP contribution in [0.15, 0.2) is 18.3 Å². The van der Waals surface area contributed by atoms with Gasteiger partial charge in [0.2, 0.25) is 11.8 Å². The summed E-state index contributed by atoms with van der Waals surface area (Å²) in [5.74, 6) is -0.155. The van der Waals surface area contributed by atoms with Gasteiger partial charge in [0.15, 0.2) is 0 Å². The Morgan fingerprint density at radius 1 is 1.40 bits per heavy atom. The van der Waals surface area contributed by atoms with E-state index in [2.05, 4.69) is 15.5 Å². The SMILES string of the molecule is CCC1C(=O)NC(C)(CC)C(=O)N1Cc1cccnn1. The minimum absolute atomic E-state index is 0.0582. The summed E-state index contributed by atoms with van der Waals surface area (Å²) in [6.07, 6.45) is 2.73. The molecule has 1 aromatic rings. The molecule has 0 aromatic carbocycles. The molecule has 2 rings (SSSR count). The van der Waals surface area contributed by atoms with E-state index in [0.29, 0.717) is 25.1 Å². The number of carbonyl (C=O) groups is 2. The molecular formula is C14H20N4O2. The molecule has 1 aliphatic heterocycles. The van der Waals surface area contributed by atoms with Crippen LogP contribution in [-0.4, -0.2) is 38.5 Å². The van der Waals surface area contributed by atoms with Crippen LogP contribution in [0.3, 0.4) is 0 Å². The van der Waals surface area contributed by atoms with Crippen LogP contribution in [0.2, 0.25) is 0 Å². The van der Waals surface area contributed by atoms with E-state index in [-0.39, 0.29) is 11.8 Å². The van der Waals surface area contributed by atoms with Crippen LogP contribution in [0.25, 0.3) is 0 Å². The van der Waals surface area contributed by atoms with Gasteiger partial charge in [-0.3, -0.25) is 9.59 Å². The standard InChI is InChI=1S/C14H20N4O2/c1-4-11-12(19)16-14(3,5-2)13(20)18(11)9-10-7-6-8-15-17-10/h6-8,11H,4-5,9H2,1-3H3,(H,16,19). The highest BCUT2D eigenvalue weighted by Gasteiger charge is 2.46. The van der Waals surface area contributed by atoms with Crippen LogP contribution in [0, 0.1) is 0 Å². The summed E-state index contributed by atoms with van der Waals surface area (Å²) in [5, 5.41) is 10.7. The Bertz CT molecular complexity index is 505. The number of carbonyl (C=O) groups excluding carboxylic acids is 2. The number of nitrogens with zero attached hydrogens (tertiary/aromatic N) is 3. The van der Waals surface area contributed by atoms with Gasteiger partial charge in [-0.1, -0.05) is 13.8 Å². The molecule has 0 aliphatic carbocycles. The number of amides is 2. The zero-order valence-electron chi connectivity index (χ0n) is 12.1. The molecule has 1 fully saturated rings. The van der Waals surface area contributed by atoms with E-state index in [1.54, 1.807) is 24.1 Å². The smallest absolute Gasteiger partial charge is 0.249 e. The number of piperazine rings is 1. The van der Waals surface area contributed by atoms with Crippen molar-refractivity contribution in [2.75, 3.05) is 0 Å². The molecule has 1 aromatic heterocycles. The third-order valence-corrected chi connectivity index (χ3v) is 3.86. The van der Waals surface area contributed by atoms with Gasteiger partial charge in [0.05, 0.1) is 12.2 Å². The maximum Gasteiger partial charge on any atom is 0.249 e. The van der Waals surface area contributed by atoms with Gasteiger partial charge in [-0.2, -0.15) is 10.2 Å². The van der Waals surface area contributed by atoms with Gasteiger partial charge in [-0.15, -0.1) is 0 Å². The first-order chi connectivity index (χ1) is 9.51. The Kier molecular flexibility index (Phi) is 4.01. The summed E-state index contributed by atoms with van der Waals surface area (Å²) < 4.78 is 0. The number of rotatable bonds is 4. The van der Waals surface area contributed by atoms with Gasteiger partial charge in [-0.05, 0) is 31.9 Å². The zero-order chi connectivity index (χ0) is 14.8.